The lowest BCUT2D eigenvalue weighted by atomic mass is 10.1. The van der Waals surface area contributed by atoms with Gasteiger partial charge in [-0.1, -0.05) is 18.2 Å². The highest BCUT2D eigenvalue weighted by Gasteiger charge is 2.06. The van der Waals surface area contributed by atoms with Crippen molar-refractivity contribution in [2.45, 2.75) is 19.3 Å². The van der Waals surface area contributed by atoms with Gasteiger partial charge in [-0.3, -0.25) is 4.79 Å². The molecule has 0 fully saturated rings. The molecule has 2 heterocycles. The van der Waals surface area contributed by atoms with Gasteiger partial charge in [0.2, 0.25) is 5.91 Å². The molecule has 5 heteroatoms. The molecule has 0 atom stereocenters. The number of fused-ring (bicyclic) bond motifs is 1. The number of amides is 1. The molecule has 22 heavy (non-hydrogen) atoms. The van der Waals surface area contributed by atoms with E-state index in [4.69, 9.17) is 0 Å². The number of hydrogen-bond donors (Lipinski definition) is 2. The fourth-order valence-electron chi connectivity index (χ4n) is 2.49. The van der Waals surface area contributed by atoms with E-state index >= 15 is 0 Å². The molecule has 0 bridgehead atoms. The standard InChI is InChI=1S/C17H17BrN2OS/c18-16-7-6-13(22-16)9-10-19-17(21)8-5-12-11-20-15-4-2-1-3-14(12)15/h1-4,6-7,11,20H,5,8-10H2,(H,19,21). The van der Waals surface area contributed by atoms with Crippen molar-refractivity contribution in [2.24, 2.45) is 0 Å². The fraction of sp³-hybridized carbons (Fsp3) is 0.235. The van der Waals surface area contributed by atoms with Crippen molar-refractivity contribution in [1.29, 1.82) is 0 Å². The largest absolute Gasteiger partial charge is 0.361 e. The molecule has 2 N–H and O–H groups in total. The summed E-state index contributed by atoms with van der Waals surface area (Å²) in [4.78, 5) is 16.5. The van der Waals surface area contributed by atoms with Crippen LogP contribution in [0.1, 0.15) is 16.9 Å². The van der Waals surface area contributed by atoms with E-state index < -0.39 is 0 Å². The number of para-hydroxylation sites is 1. The van der Waals surface area contributed by atoms with Crippen LogP contribution in [0.2, 0.25) is 0 Å². The molecule has 0 aliphatic heterocycles. The average Bonchev–Trinajstić information content (AvgIpc) is 3.11. The van der Waals surface area contributed by atoms with Gasteiger partial charge in [-0.15, -0.1) is 11.3 Å². The molecule has 0 aliphatic carbocycles. The van der Waals surface area contributed by atoms with E-state index in [9.17, 15) is 4.79 Å². The highest BCUT2D eigenvalue weighted by atomic mass is 79.9. The Hall–Kier alpha value is -1.59. The number of thiophene rings is 1. The molecule has 1 amide bonds. The summed E-state index contributed by atoms with van der Waals surface area (Å²) < 4.78 is 1.13. The van der Waals surface area contributed by atoms with Gasteiger partial charge in [0.15, 0.2) is 0 Å². The average molecular weight is 377 g/mol. The van der Waals surface area contributed by atoms with E-state index in [1.165, 1.54) is 15.8 Å². The molecule has 2 aromatic heterocycles. The fourth-order valence-corrected chi connectivity index (χ4v) is 3.97. The van der Waals surface area contributed by atoms with E-state index in [-0.39, 0.29) is 5.91 Å². The Labute approximate surface area is 141 Å². The number of carbonyl (C=O) groups is 1. The van der Waals surface area contributed by atoms with E-state index in [1.807, 2.05) is 24.4 Å². The highest BCUT2D eigenvalue weighted by Crippen LogP contribution is 2.22. The molecule has 3 nitrogen and oxygen atoms in total. The van der Waals surface area contributed by atoms with Crippen molar-refractivity contribution in [1.82, 2.24) is 10.3 Å². The Morgan fingerprint density at radius 3 is 2.86 bits per heavy atom. The van der Waals surface area contributed by atoms with E-state index in [0.717, 1.165) is 22.1 Å². The summed E-state index contributed by atoms with van der Waals surface area (Å²) in [6.45, 7) is 0.694. The summed E-state index contributed by atoms with van der Waals surface area (Å²) in [6.07, 6.45) is 4.17. The van der Waals surface area contributed by atoms with E-state index in [2.05, 4.69) is 44.4 Å². The predicted octanol–water partition coefficient (Wildman–Crippen LogP) is 4.28. The van der Waals surface area contributed by atoms with E-state index in [0.29, 0.717) is 13.0 Å². The van der Waals surface area contributed by atoms with Gasteiger partial charge in [-0.25, -0.2) is 0 Å². The minimum atomic E-state index is 0.112. The van der Waals surface area contributed by atoms with Gasteiger partial charge in [0.25, 0.3) is 0 Å². The minimum absolute atomic E-state index is 0.112. The minimum Gasteiger partial charge on any atom is -0.361 e. The monoisotopic (exact) mass is 376 g/mol. The molecule has 0 saturated heterocycles. The number of aromatic nitrogens is 1. The van der Waals surface area contributed by atoms with Crippen molar-refractivity contribution in [3.05, 3.63) is 56.8 Å². The number of benzene rings is 1. The second kappa shape index (κ2) is 7.11. The topological polar surface area (TPSA) is 44.9 Å². The summed E-state index contributed by atoms with van der Waals surface area (Å²) in [5.74, 6) is 0.112. The molecule has 0 unspecified atom stereocenters. The van der Waals surface area contributed by atoms with Crippen LogP contribution in [0, 0.1) is 0 Å². The Bertz CT molecular complexity index is 778. The van der Waals surface area contributed by atoms with Gasteiger partial charge in [0.05, 0.1) is 3.79 Å². The van der Waals surface area contributed by atoms with Gasteiger partial charge < -0.3 is 10.3 Å². The van der Waals surface area contributed by atoms with Gasteiger partial charge in [-0.2, -0.15) is 0 Å². The first-order valence-corrected chi connectivity index (χ1v) is 8.89. The number of aromatic amines is 1. The number of nitrogens with one attached hydrogen (secondary N) is 2. The Kier molecular flexibility index (Phi) is 4.95. The Morgan fingerprint density at radius 2 is 2.05 bits per heavy atom. The summed E-state index contributed by atoms with van der Waals surface area (Å²) >= 11 is 5.16. The molecule has 0 spiro atoms. The Morgan fingerprint density at radius 1 is 1.18 bits per heavy atom. The van der Waals surface area contributed by atoms with Gasteiger partial charge in [-0.05, 0) is 52.5 Å². The summed E-state index contributed by atoms with van der Waals surface area (Å²) in [5, 5.41) is 4.20. The van der Waals surface area contributed by atoms with Crippen molar-refractivity contribution in [3.63, 3.8) is 0 Å². The second-order valence-corrected chi connectivity index (χ2v) is 7.71. The number of aryl methyl sites for hydroxylation is 1. The maximum absolute atomic E-state index is 11.9. The van der Waals surface area contributed by atoms with Gasteiger partial charge in [0.1, 0.15) is 0 Å². The Balaban J connectivity index is 1.46. The number of H-pyrrole nitrogens is 1. The van der Waals surface area contributed by atoms with Crippen molar-refractivity contribution in [3.8, 4) is 0 Å². The van der Waals surface area contributed by atoms with E-state index in [1.54, 1.807) is 11.3 Å². The third-order valence-electron chi connectivity index (χ3n) is 3.62. The zero-order chi connectivity index (χ0) is 15.4. The first-order chi connectivity index (χ1) is 10.7. The second-order valence-electron chi connectivity index (χ2n) is 5.17. The highest BCUT2D eigenvalue weighted by molar-refractivity contribution is 9.11. The zero-order valence-corrected chi connectivity index (χ0v) is 14.5. The molecule has 1 aromatic carbocycles. The van der Waals surface area contributed by atoms with Crippen LogP contribution in [-0.2, 0) is 17.6 Å². The molecular weight excluding hydrogens is 360 g/mol. The maximum Gasteiger partial charge on any atom is 0.220 e. The molecular formula is C17H17BrN2OS. The lowest BCUT2D eigenvalue weighted by Gasteiger charge is -2.04. The van der Waals surface area contributed by atoms with Crippen LogP contribution in [0.3, 0.4) is 0 Å². The summed E-state index contributed by atoms with van der Waals surface area (Å²) in [5.41, 5.74) is 2.33. The lowest BCUT2D eigenvalue weighted by Crippen LogP contribution is -2.25. The third-order valence-corrected chi connectivity index (χ3v) is 5.30. The van der Waals surface area contributed by atoms with Gasteiger partial charge in [0, 0.05) is 34.9 Å². The van der Waals surface area contributed by atoms with Crippen molar-refractivity contribution < 1.29 is 4.79 Å². The van der Waals surface area contributed by atoms with Crippen molar-refractivity contribution in [2.75, 3.05) is 6.54 Å². The van der Waals surface area contributed by atoms with Crippen molar-refractivity contribution >= 4 is 44.1 Å². The molecule has 3 aromatic rings. The summed E-state index contributed by atoms with van der Waals surface area (Å²) in [7, 11) is 0. The van der Waals surface area contributed by atoms with Crippen LogP contribution in [0.15, 0.2) is 46.4 Å². The van der Waals surface area contributed by atoms with Crippen LogP contribution in [0.25, 0.3) is 10.9 Å². The number of carbonyl (C=O) groups excluding carboxylic acids is 1. The third kappa shape index (κ3) is 3.78. The molecule has 0 aliphatic rings. The maximum atomic E-state index is 11.9. The number of rotatable bonds is 6. The molecule has 3 rings (SSSR count). The first-order valence-electron chi connectivity index (χ1n) is 7.28. The lowest BCUT2D eigenvalue weighted by molar-refractivity contribution is -0.121. The quantitative estimate of drug-likeness (QED) is 0.662. The molecule has 0 radical (unpaired) electrons. The van der Waals surface area contributed by atoms with Crippen LogP contribution >= 0.6 is 27.3 Å². The normalized spacial score (nSPS) is 11.0. The zero-order valence-electron chi connectivity index (χ0n) is 12.1. The first kappa shape index (κ1) is 15.3. The predicted molar refractivity (Wildman–Crippen MR) is 95.4 cm³/mol. The van der Waals surface area contributed by atoms with Crippen LogP contribution < -0.4 is 5.32 Å². The smallest absolute Gasteiger partial charge is 0.220 e. The van der Waals surface area contributed by atoms with Gasteiger partial charge >= 0.3 is 0 Å². The van der Waals surface area contributed by atoms with Crippen LogP contribution in [0.4, 0.5) is 0 Å². The van der Waals surface area contributed by atoms with Crippen LogP contribution in [0.5, 0.6) is 0 Å². The molecule has 0 saturated carbocycles. The number of hydrogen-bond acceptors (Lipinski definition) is 2. The molecule has 114 valence electrons. The summed E-state index contributed by atoms with van der Waals surface area (Å²) in [6, 6.07) is 12.3. The van der Waals surface area contributed by atoms with Crippen LogP contribution in [-0.4, -0.2) is 17.4 Å². The SMILES string of the molecule is O=C(CCc1c[nH]c2ccccc12)NCCc1ccc(Br)s1. The number of halogens is 1.